The Morgan fingerprint density at radius 2 is 2.00 bits per heavy atom. The van der Waals surface area contributed by atoms with E-state index >= 15 is 0 Å². The third kappa shape index (κ3) is 2.40. The van der Waals surface area contributed by atoms with Gasteiger partial charge in [-0.1, -0.05) is 0 Å². The topological polar surface area (TPSA) is 44.1 Å². The smallest absolute Gasteiger partial charge is 0.313 e. The molecule has 1 heterocycles. The summed E-state index contributed by atoms with van der Waals surface area (Å²) in [5.74, 6) is 0.777. The van der Waals surface area contributed by atoms with Gasteiger partial charge in [0.2, 0.25) is 0 Å². The summed E-state index contributed by atoms with van der Waals surface area (Å²) < 4.78 is 8.36. The number of ether oxygens (including phenoxy) is 1. The van der Waals surface area contributed by atoms with Crippen LogP contribution in [0.4, 0.5) is 0 Å². The van der Waals surface area contributed by atoms with Crippen LogP contribution in [-0.2, 0) is 0 Å². The molecule has 5 heteroatoms. The lowest BCUT2D eigenvalue weighted by atomic mass is 10.3. The van der Waals surface area contributed by atoms with Crippen LogP contribution in [0.25, 0.3) is 0 Å². The van der Waals surface area contributed by atoms with E-state index in [0.717, 1.165) is 16.4 Å². The molecule has 1 saturated carbocycles. The fourth-order valence-electron chi connectivity index (χ4n) is 1.73. The number of halogens is 1. The van der Waals surface area contributed by atoms with Gasteiger partial charge in [0.05, 0.1) is 0 Å². The van der Waals surface area contributed by atoms with Gasteiger partial charge < -0.3 is 9.30 Å². The normalized spacial score (nSPS) is 14.5. The molecule has 0 bridgehead atoms. The molecule has 0 N–H and O–H groups in total. The van der Waals surface area contributed by atoms with Crippen LogP contribution in [0.3, 0.4) is 0 Å². The molecule has 18 heavy (non-hydrogen) atoms. The van der Waals surface area contributed by atoms with Gasteiger partial charge in [-0.3, -0.25) is 4.79 Å². The van der Waals surface area contributed by atoms with E-state index in [1.807, 2.05) is 24.3 Å². The molecule has 0 unspecified atom stereocenters. The van der Waals surface area contributed by atoms with E-state index in [4.69, 9.17) is 4.74 Å². The second kappa shape index (κ2) is 4.72. The van der Waals surface area contributed by atoms with Gasteiger partial charge in [-0.2, -0.15) is 0 Å². The van der Waals surface area contributed by atoms with Crippen molar-refractivity contribution in [2.24, 2.45) is 0 Å². The van der Waals surface area contributed by atoms with Crippen LogP contribution in [0.1, 0.15) is 18.9 Å². The lowest BCUT2D eigenvalue weighted by molar-refractivity contribution is 0.444. The largest absolute Gasteiger partial charge is 0.435 e. The number of nitrogens with zero attached hydrogens (tertiary/aromatic N) is 2. The number of rotatable bonds is 3. The maximum absolute atomic E-state index is 12.1. The van der Waals surface area contributed by atoms with Crippen molar-refractivity contribution in [3.8, 4) is 11.6 Å². The Kier molecular flexibility index (Phi) is 3.07. The molecule has 1 aromatic carbocycles. The molecule has 1 fully saturated rings. The van der Waals surface area contributed by atoms with Crippen LogP contribution in [-0.4, -0.2) is 9.55 Å². The molecule has 1 aromatic heterocycles. The minimum absolute atomic E-state index is 0.144. The molecule has 1 aliphatic rings. The van der Waals surface area contributed by atoms with Crippen molar-refractivity contribution in [2.45, 2.75) is 18.9 Å². The van der Waals surface area contributed by atoms with Crippen LogP contribution in [0.2, 0.25) is 0 Å². The summed E-state index contributed by atoms with van der Waals surface area (Å²) in [7, 11) is 0. The van der Waals surface area contributed by atoms with Crippen LogP contribution in [0, 0.1) is 3.57 Å². The van der Waals surface area contributed by atoms with Gasteiger partial charge in [-0.05, 0) is 59.7 Å². The van der Waals surface area contributed by atoms with Crippen molar-refractivity contribution in [3.05, 3.63) is 50.6 Å². The fourth-order valence-corrected chi connectivity index (χ4v) is 2.09. The van der Waals surface area contributed by atoms with Crippen molar-refractivity contribution in [2.75, 3.05) is 0 Å². The number of hydrogen-bond acceptors (Lipinski definition) is 3. The standard InChI is InChI=1S/C13H11IN2O2/c14-9-1-5-11(6-2-9)18-12-13(17)16(8-7-15-12)10-3-4-10/h1-2,5-8,10H,3-4H2. The second-order valence-electron chi connectivity index (χ2n) is 4.23. The molecule has 3 rings (SSSR count). The zero-order chi connectivity index (χ0) is 12.5. The average molecular weight is 354 g/mol. The molecule has 0 amide bonds. The van der Waals surface area contributed by atoms with Gasteiger partial charge in [0.25, 0.3) is 5.88 Å². The van der Waals surface area contributed by atoms with Gasteiger partial charge in [0.1, 0.15) is 5.75 Å². The summed E-state index contributed by atoms with van der Waals surface area (Å²) in [5.41, 5.74) is -0.154. The monoisotopic (exact) mass is 354 g/mol. The minimum Gasteiger partial charge on any atom is -0.435 e. The van der Waals surface area contributed by atoms with E-state index in [2.05, 4.69) is 27.6 Å². The van der Waals surface area contributed by atoms with Gasteiger partial charge >= 0.3 is 5.56 Å². The summed E-state index contributed by atoms with van der Waals surface area (Å²) in [6.07, 6.45) is 5.46. The molecule has 0 saturated heterocycles. The van der Waals surface area contributed by atoms with E-state index < -0.39 is 0 Å². The summed E-state index contributed by atoms with van der Waals surface area (Å²) >= 11 is 2.22. The lowest BCUT2D eigenvalue weighted by Gasteiger charge is -2.07. The van der Waals surface area contributed by atoms with Crippen molar-refractivity contribution < 1.29 is 4.74 Å². The summed E-state index contributed by atoms with van der Waals surface area (Å²) in [6.45, 7) is 0. The SMILES string of the molecule is O=c1c(Oc2ccc(I)cc2)nccn1C1CC1. The van der Waals surface area contributed by atoms with Crippen molar-refractivity contribution in [3.63, 3.8) is 0 Å². The van der Waals surface area contributed by atoms with Gasteiger partial charge in [0, 0.05) is 22.0 Å². The van der Waals surface area contributed by atoms with Gasteiger partial charge in [-0.15, -0.1) is 0 Å². The quantitative estimate of drug-likeness (QED) is 0.796. The Hall–Kier alpha value is -1.37. The maximum Gasteiger partial charge on any atom is 0.313 e. The van der Waals surface area contributed by atoms with Crippen molar-refractivity contribution in [1.29, 1.82) is 0 Å². The summed E-state index contributed by atoms with van der Waals surface area (Å²) in [5, 5.41) is 0. The third-order valence-electron chi connectivity index (χ3n) is 2.80. The number of aromatic nitrogens is 2. The minimum atomic E-state index is -0.154. The predicted molar refractivity (Wildman–Crippen MR) is 76.0 cm³/mol. The summed E-state index contributed by atoms with van der Waals surface area (Å²) in [4.78, 5) is 16.1. The first-order valence-corrected chi connectivity index (χ1v) is 6.82. The third-order valence-corrected chi connectivity index (χ3v) is 3.52. The molecular weight excluding hydrogens is 343 g/mol. The van der Waals surface area contributed by atoms with E-state index in [9.17, 15) is 4.79 Å². The summed E-state index contributed by atoms with van der Waals surface area (Å²) in [6, 6.07) is 7.85. The van der Waals surface area contributed by atoms with Crippen LogP contribution in [0.15, 0.2) is 41.5 Å². The maximum atomic E-state index is 12.1. The first-order chi connectivity index (χ1) is 8.74. The van der Waals surface area contributed by atoms with Crippen LogP contribution >= 0.6 is 22.6 Å². The molecule has 0 atom stereocenters. The average Bonchev–Trinajstić information content (AvgIpc) is 3.19. The van der Waals surface area contributed by atoms with Crippen LogP contribution < -0.4 is 10.3 Å². The molecule has 2 aromatic rings. The van der Waals surface area contributed by atoms with Gasteiger partial charge in [0.15, 0.2) is 0 Å². The zero-order valence-electron chi connectivity index (χ0n) is 9.54. The fraction of sp³-hybridized carbons (Fsp3) is 0.231. The highest BCUT2D eigenvalue weighted by molar-refractivity contribution is 14.1. The highest BCUT2D eigenvalue weighted by atomic mass is 127. The zero-order valence-corrected chi connectivity index (χ0v) is 11.7. The molecule has 92 valence electrons. The molecule has 0 radical (unpaired) electrons. The molecule has 0 aliphatic heterocycles. The molecule has 1 aliphatic carbocycles. The highest BCUT2D eigenvalue weighted by Crippen LogP contribution is 2.33. The Morgan fingerprint density at radius 3 is 2.67 bits per heavy atom. The molecule has 4 nitrogen and oxygen atoms in total. The van der Waals surface area contributed by atoms with E-state index in [1.54, 1.807) is 17.0 Å². The number of benzene rings is 1. The van der Waals surface area contributed by atoms with Crippen molar-refractivity contribution in [1.82, 2.24) is 9.55 Å². The Labute approximate surface area is 118 Å². The highest BCUT2D eigenvalue weighted by Gasteiger charge is 2.25. The first kappa shape index (κ1) is 11.7. The van der Waals surface area contributed by atoms with Gasteiger partial charge in [-0.25, -0.2) is 4.98 Å². The Bertz CT molecular complexity index is 618. The van der Waals surface area contributed by atoms with Crippen molar-refractivity contribution >= 4 is 22.6 Å². The Morgan fingerprint density at radius 1 is 1.28 bits per heavy atom. The van der Waals surface area contributed by atoms with E-state index in [0.29, 0.717) is 11.8 Å². The number of hydrogen-bond donors (Lipinski definition) is 0. The molecular formula is C13H11IN2O2. The van der Waals surface area contributed by atoms with E-state index in [1.165, 1.54) is 0 Å². The Balaban J connectivity index is 1.90. The predicted octanol–water partition coefficient (Wildman–Crippen LogP) is 2.98. The van der Waals surface area contributed by atoms with E-state index in [-0.39, 0.29) is 11.4 Å². The second-order valence-corrected chi connectivity index (χ2v) is 5.48. The van der Waals surface area contributed by atoms with Crippen LogP contribution in [0.5, 0.6) is 11.6 Å². The first-order valence-electron chi connectivity index (χ1n) is 5.74. The lowest BCUT2D eigenvalue weighted by Crippen LogP contribution is -2.20. The molecule has 0 spiro atoms.